The van der Waals surface area contributed by atoms with Crippen LogP contribution in [0.3, 0.4) is 0 Å². The highest BCUT2D eigenvalue weighted by molar-refractivity contribution is 6.05. The van der Waals surface area contributed by atoms with Crippen molar-refractivity contribution in [1.82, 2.24) is 5.32 Å². The lowest BCUT2D eigenvalue weighted by Crippen LogP contribution is -2.31. The summed E-state index contributed by atoms with van der Waals surface area (Å²) in [6, 6.07) is 14.5. The zero-order valence-corrected chi connectivity index (χ0v) is 15.1. The van der Waals surface area contributed by atoms with Crippen molar-refractivity contribution >= 4 is 29.9 Å². The molecule has 0 spiro atoms. The van der Waals surface area contributed by atoms with Gasteiger partial charge in [0.15, 0.2) is 0 Å². The molecule has 1 aliphatic rings. The van der Waals surface area contributed by atoms with Gasteiger partial charge in [0.1, 0.15) is 5.75 Å². The highest BCUT2D eigenvalue weighted by atomic mass is 35.5. The van der Waals surface area contributed by atoms with Crippen LogP contribution in [0.25, 0.3) is 0 Å². The number of rotatable bonds is 5. The van der Waals surface area contributed by atoms with Crippen molar-refractivity contribution in [1.29, 1.82) is 0 Å². The van der Waals surface area contributed by atoms with Crippen LogP contribution < -0.4 is 21.1 Å². The molecule has 0 aliphatic carbocycles. The highest BCUT2D eigenvalue weighted by Gasteiger charge is 2.28. The Morgan fingerprint density at radius 2 is 1.85 bits per heavy atom. The van der Waals surface area contributed by atoms with E-state index in [-0.39, 0.29) is 30.1 Å². The van der Waals surface area contributed by atoms with Gasteiger partial charge in [0.25, 0.3) is 5.91 Å². The molecule has 4 N–H and O–H groups in total. The van der Waals surface area contributed by atoms with Gasteiger partial charge in [0, 0.05) is 18.7 Å². The third-order valence-electron chi connectivity index (χ3n) is 4.13. The number of halogens is 1. The van der Waals surface area contributed by atoms with E-state index in [1.54, 1.807) is 24.3 Å². The second-order valence-corrected chi connectivity index (χ2v) is 5.81. The van der Waals surface area contributed by atoms with Crippen LogP contribution >= 0.6 is 12.4 Å². The van der Waals surface area contributed by atoms with E-state index < -0.39 is 0 Å². The van der Waals surface area contributed by atoms with Crippen molar-refractivity contribution in [2.45, 2.75) is 12.3 Å². The number of para-hydroxylation sites is 2. The fraction of sp³-hybridized carbons (Fsp3) is 0.263. The van der Waals surface area contributed by atoms with Gasteiger partial charge in [-0.15, -0.1) is 12.4 Å². The van der Waals surface area contributed by atoms with E-state index in [1.165, 1.54) is 0 Å². The minimum atomic E-state index is -0.301. The number of nitrogens with one attached hydrogen (secondary N) is 2. The number of carbonyl (C=O) groups is 2. The summed E-state index contributed by atoms with van der Waals surface area (Å²) in [6.07, 6.45) is 0.602. The molecular formula is C19H22ClN3O3. The lowest BCUT2D eigenvalue weighted by atomic mass is 9.92. The standard InChI is InChI=1S/C19H21N3O3.ClH/c20-10-11-21-18(23)15-6-1-3-7-16(15)22-19(24)14-9-12-25-17-8-4-2-5-13(14)17;/h1-8,14H,9-12,20H2,(H,21,23)(H,22,24);1H. The van der Waals surface area contributed by atoms with E-state index in [1.807, 2.05) is 24.3 Å². The van der Waals surface area contributed by atoms with Crippen LogP contribution in [0.5, 0.6) is 5.75 Å². The van der Waals surface area contributed by atoms with E-state index in [4.69, 9.17) is 10.5 Å². The molecule has 26 heavy (non-hydrogen) atoms. The first-order valence-corrected chi connectivity index (χ1v) is 8.30. The molecule has 0 fully saturated rings. The Morgan fingerprint density at radius 3 is 2.65 bits per heavy atom. The van der Waals surface area contributed by atoms with E-state index in [2.05, 4.69) is 10.6 Å². The van der Waals surface area contributed by atoms with E-state index >= 15 is 0 Å². The normalized spacial score (nSPS) is 15.0. The maximum Gasteiger partial charge on any atom is 0.253 e. The smallest absolute Gasteiger partial charge is 0.253 e. The number of carbonyl (C=O) groups excluding carboxylic acids is 2. The summed E-state index contributed by atoms with van der Waals surface area (Å²) in [7, 11) is 0. The lowest BCUT2D eigenvalue weighted by Gasteiger charge is -2.25. The van der Waals surface area contributed by atoms with Gasteiger partial charge in [-0.3, -0.25) is 9.59 Å². The van der Waals surface area contributed by atoms with E-state index in [9.17, 15) is 9.59 Å². The Balaban J connectivity index is 0.00000243. The number of anilines is 1. The van der Waals surface area contributed by atoms with Gasteiger partial charge in [-0.25, -0.2) is 0 Å². The Labute approximate surface area is 158 Å². The molecular weight excluding hydrogens is 354 g/mol. The Kier molecular flexibility index (Phi) is 7.00. The zero-order valence-electron chi connectivity index (χ0n) is 14.2. The first kappa shape index (κ1) is 19.8. The molecule has 0 radical (unpaired) electrons. The summed E-state index contributed by atoms with van der Waals surface area (Å²) in [5.74, 6) is 0.0385. The molecule has 0 saturated heterocycles. The van der Waals surface area contributed by atoms with E-state index in [0.29, 0.717) is 37.4 Å². The summed E-state index contributed by atoms with van der Waals surface area (Å²) in [6.45, 7) is 1.24. The predicted molar refractivity (Wildman–Crippen MR) is 103 cm³/mol. The first-order chi connectivity index (χ1) is 12.2. The molecule has 1 heterocycles. The molecule has 2 aromatic carbocycles. The largest absolute Gasteiger partial charge is 0.493 e. The highest BCUT2D eigenvalue weighted by Crippen LogP contribution is 2.34. The summed E-state index contributed by atoms with van der Waals surface area (Å²) in [5.41, 5.74) is 7.20. The van der Waals surface area contributed by atoms with Gasteiger partial charge in [-0.1, -0.05) is 30.3 Å². The van der Waals surface area contributed by atoms with Crippen molar-refractivity contribution < 1.29 is 14.3 Å². The Bertz CT molecular complexity index is 782. The molecule has 2 amide bonds. The molecule has 3 rings (SSSR count). The minimum Gasteiger partial charge on any atom is -0.493 e. The van der Waals surface area contributed by atoms with Gasteiger partial charge >= 0.3 is 0 Å². The van der Waals surface area contributed by atoms with E-state index in [0.717, 1.165) is 11.3 Å². The molecule has 138 valence electrons. The van der Waals surface area contributed by atoms with Crippen molar-refractivity contribution in [3.05, 3.63) is 59.7 Å². The third kappa shape index (κ3) is 4.33. The summed E-state index contributed by atoms with van der Waals surface area (Å²) >= 11 is 0. The van der Waals surface area contributed by atoms with Gasteiger partial charge in [-0.05, 0) is 24.6 Å². The van der Waals surface area contributed by atoms with Crippen LogP contribution in [0.1, 0.15) is 28.3 Å². The molecule has 2 aromatic rings. The monoisotopic (exact) mass is 375 g/mol. The van der Waals surface area contributed by atoms with Crippen molar-refractivity contribution in [2.24, 2.45) is 5.73 Å². The van der Waals surface area contributed by atoms with Crippen LogP contribution in [0.4, 0.5) is 5.69 Å². The number of amides is 2. The third-order valence-corrected chi connectivity index (χ3v) is 4.13. The quantitative estimate of drug-likeness (QED) is 0.747. The second kappa shape index (κ2) is 9.22. The average Bonchev–Trinajstić information content (AvgIpc) is 2.66. The van der Waals surface area contributed by atoms with Crippen LogP contribution in [0, 0.1) is 0 Å². The van der Waals surface area contributed by atoms with Crippen LogP contribution in [0.15, 0.2) is 48.5 Å². The summed E-state index contributed by atoms with van der Waals surface area (Å²) < 4.78 is 5.60. The molecule has 1 unspecified atom stereocenters. The topological polar surface area (TPSA) is 93.5 Å². The number of hydrogen-bond donors (Lipinski definition) is 3. The number of hydrogen-bond acceptors (Lipinski definition) is 4. The van der Waals surface area contributed by atoms with Gasteiger partial charge in [-0.2, -0.15) is 0 Å². The van der Waals surface area contributed by atoms with Crippen LogP contribution in [0.2, 0.25) is 0 Å². The Hall–Kier alpha value is -2.57. The fourth-order valence-corrected chi connectivity index (χ4v) is 2.91. The number of nitrogens with two attached hydrogens (primary N) is 1. The molecule has 1 aliphatic heterocycles. The molecule has 6 nitrogen and oxygen atoms in total. The molecule has 0 bridgehead atoms. The summed E-state index contributed by atoms with van der Waals surface area (Å²) in [4.78, 5) is 25.0. The van der Waals surface area contributed by atoms with Crippen molar-refractivity contribution in [3.8, 4) is 5.75 Å². The maximum atomic E-state index is 12.8. The molecule has 0 saturated carbocycles. The molecule has 0 aromatic heterocycles. The predicted octanol–water partition coefficient (Wildman–Crippen LogP) is 2.30. The minimum absolute atomic E-state index is 0. The van der Waals surface area contributed by atoms with Crippen LogP contribution in [-0.4, -0.2) is 31.5 Å². The van der Waals surface area contributed by atoms with Gasteiger partial charge < -0.3 is 21.1 Å². The fourth-order valence-electron chi connectivity index (χ4n) is 2.91. The zero-order chi connectivity index (χ0) is 17.6. The van der Waals surface area contributed by atoms with Gasteiger partial charge in [0.2, 0.25) is 5.91 Å². The second-order valence-electron chi connectivity index (χ2n) is 5.81. The number of fused-ring (bicyclic) bond motifs is 1. The van der Waals surface area contributed by atoms with Gasteiger partial charge in [0.05, 0.1) is 23.8 Å². The van der Waals surface area contributed by atoms with Crippen LogP contribution in [-0.2, 0) is 4.79 Å². The lowest BCUT2D eigenvalue weighted by molar-refractivity contribution is -0.118. The maximum absolute atomic E-state index is 12.8. The van der Waals surface area contributed by atoms with Crippen molar-refractivity contribution in [2.75, 3.05) is 25.0 Å². The van der Waals surface area contributed by atoms with Crippen molar-refractivity contribution in [3.63, 3.8) is 0 Å². The molecule has 7 heteroatoms. The first-order valence-electron chi connectivity index (χ1n) is 8.30. The average molecular weight is 376 g/mol. The number of ether oxygens (including phenoxy) is 1. The number of benzene rings is 2. The molecule has 1 atom stereocenters. The summed E-state index contributed by atoms with van der Waals surface area (Å²) in [5, 5.41) is 5.61. The SMILES string of the molecule is Cl.NCCNC(=O)c1ccccc1NC(=O)C1CCOc2ccccc21. The Morgan fingerprint density at radius 1 is 1.12 bits per heavy atom.